The number of rotatable bonds is 3. The van der Waals surface area contributed by atoms with Gasteiger partial charge in [0.05, 0.1) is 11.6 Å². The average Bonchev–Trinajstić information content (AvgIpc) is 3.00. The third-order valence-electron chi connectivity index (χ3n) is 6.43. The Morgan fingerprint density at radius 2 is 1.86 bits per heavy atom. The number of carbonyl (C=O) groups excluding carboxylic acids is 1. The fourth-order valence-corrected chi connectivity index (χ4v) is 4.86. The molecule has 1 aromatic heterocycles. The van der Waals surface area contributed by atoms with E-state index < -0.39 is 0 Å². The predicted octanol–water partition coefficient (Wildman–Crippen LogP) is 3.75. The normalized spacial score (nSPS) is 22.4. The van der Waals surface area contributed by atoms with Gasteiger partial charge in [-0.25, -0.2) is 4.39 Å². The number of aromatic nitrogens is 1. The lowest BCUT2D eigenvalue weighted by atomic mass is 9.87. The van der Waals surface area contributed by atoms with Crippen molar-refractivity contribution >= 4 is 5.91 Å². The minimum atomic E-state index is -0.374. The molecule has 5 nitrogen and oxygen atoms in total. The van der Waals surface area contributed by atoms with Gasteiger partial charge in [-0.15, -0.1) is 0 Å². The number of nitriles is 1. The van der Waals surface area contributed by atoms with Crippen LogP contribution in [0.2, 0.25) is 0 Å². The maximum atomic E-state index is 13.5. The minimum absolute atomic E-state index is 0.0500. The second-order valence-corrected chi connectivity index (χ2v) is 8.04. The van der Waals surface area contributed by atoms with Crippen molar-refractivity contribution in [1.82, 2.24) is 14.8 Å². The van der Waals surface area contributed by atoms with Gasteiger partial charge in [-0.05, 0) is 68.5 Å². The Hall–Kier alpha value is -2.78. The molecule has 1 aromatic carbocycles. The summed E-state index contributed by atoms with van der Waals surface area (Å²) in [6.45, 7) is 3.12. The van der Waals surface area contributed by atoms with E-state index in [1.165, 1.54) is 12.1 Å². The summed E-state index contributed by atoms with van der Waals surface area (Å²) in [5.41, 5.74) is 2.03. The van der Waals surface area contributed by atoms with E-state index in [1.807, 2.05) is 4.90 Å². The number of benzene rings is 1. The smallest absolute Gasteiger partial charge is 0.253 e. The van der Waals surface area contributed by atoms with E-state index in [2.05, 4.69) is 16.0 Å². The van der Waals surface area contributed by atoms with Crippen LogP contribution in [0.4, 0.5) is 4.39 Å². The van der Waals surface area contributed by atoms with Crippen LogP contribution in [0.3, 0.4) is 0 Å². The van der Waals surface area contributed by atoms with Crippen LogP contribution in [0.15, 0.2) is 42.7 Å². The van der Waals surface area contributed by atoms with E-state index in [0.29, 0.717) is 17.7 Å². The summed E-state index contributed by atoms with van der Waals surface area (Å²) in [7, 11) is 0. The summed E-state index contributed by atoms with van der Waals surface area (Å²) in [5, 5.41) is 9.38. The molecule has 0 radical (unpaired) electrons. The fraction of sp³-hybridized carbons (Fsp3) is 0.435. The van der Waals surface area contributed by atoms with Gasteiger partial charge in [-0.2, -0.15) is 5.26 Å². The monoisotopic (exact) mass is 392 g/mol. The molecule has 2 aliphatic rings. The van der Waals surface area contributed by atoms with Crippen LogP contribution in [-0.4, -0.2) is 45.9 Å². The molecule has 0 unspecified atom stereocenters. The van der Waals surface area contributed by atoms with Crippen LogP contribution in [0.5, 0.6) is 0 Å². The molecule has 1 amide bonds. The van der Waals surface area contributed by atoms with Gasteiger partial charge in [0, 0.05) is 43.1 Å². The van der Waals surface area contributed by atoms with Gasteiger partial charge in [0.2, 0.25) is 0 Å². The lowest BCUT2D eigenvalue weighted by molar-refractivity contribution is 0.0738. The molecule has 2 saturated heterocycles. The summed E-state index contributed by atoms with van der Waals surface area (Å²) in [6, 6.07) is 10.1. The second-order valence-electron chi connectivity index (χ2n) is 8.04. The number of halogens is 1. The first-order chi connectivity index (χ1) is 14.1. The molecule has 2 aromatic rings. The highest BCUT2D eigenvalue weighted by Gasteiger charge is 2.42. The zero-order chi connectivity index (χ0) is 20.3. The van der Waals surface area contributed by atoms with Crippen molar-refractivity contribution in [3.63, 3.8) is 0 Å². The number of hydrogen-bond donors (Lipinski definition) is 0. The van der Waals surface area contributed by atoms with Crippen molar-refractivity contribution in [2.45, 2.75) is 44.2 Å². The lowest BCUT2D eigenvalue weighted by Gasteiger charge is -2.38. The Kier molecular flexibility index (Phi) is 5.59. The fourth-order valence-electron chi connectivity index (χ4n) is 4.86. The molecule has 0 bridgehead atoms. The molecule has 3 heterocycles. The Morgan fingerprint density at radius 3 is 2.62 bits per heavy atom. The first kappa shape index (κ1) is 19.5. The predicted molar refractivity (Wildman–Crippen MR) is 107 cm³/mol. The number of likely N-dealkylation sites (tertiary alicyclic amines) is 2. The lowest BCUT2D eigenvalue weighted by Crippen LogP contribution is -2.44. The summed E-state index contributed by atoms with van der Waals surface area (Å²) in [4.78, 5) is 21.3. The first-order valence-corrected chi connectivity index (χ1v) is 10.2. The summed E-state index contributed by atoms with van der Waals surface area (Å²) in [5.74, 6) is -0.305. The Bertz CT molecular complexity index is 926. The van der Waals surface area contributed by atoms with E-state index in [9.17, 15) is 14.4 Å². The zero-order valence-corrected chi connectivity index (χ0v) is 16.5. The van der Waals surface area contributed by atoms with E-state index in [1.54, 1.807) is 30.6 Å². The topological polar surface area (TPSA) is 60.2 Å². The SMILES string of the molecule is N#Cc1cc(F)ccc1CN1CCC[C@]12CCCN(C(=O)c1ccncc1)CC2. The van der Waals surface area contributed by atoms with Crippen LogP contribution in [0.1, 0.15) is 53.6 Å². The number of nitrogens with zero attached hydrogens (tertiary/aromatic N) is 4. The van der Waals surface area contributed by atoms with Crippen molar-refractivity contribution in [3.05, 3.63) is 65.2 Å². The third-order valence-corrected chi connectivity index (χ3v) is 6.43. The van der Waals surface area contributed by atoms with Crippen molar-refractivity contribution in [1.29, 1.82) is 5.26 Å². The molecule has 6 heteroatoms. The van der Waals surface area contributed by atoms with Crippen molar-refractivity contribution in [2.24, 2.45) is 0 Å². The standard InChI is InChI=1S/C23H25FN4O/c24-21-4-3-19(20(15-21)16-25)17-28-13-2-8-23(28)7-1-12-27(14-9-23)22(29)18-5-10-26-11-6-18/h3-6,10-11,15H,1-2,7-9,12-14,17H2/t23-/m0/s1. The van der Waals surface area contributed by atoms with Gasteiger partial charge < -0.3 is 4.90 Å². The molecule has 0 aliphatic carbocycles. The second kappa shape index (κ2) is 8.30. The van der Waals surface area contributed by atoms with Crippen molar-refractivity contribution in [3.8, 4) is 6.07 Å². The molecule has 1 spiro atoms. The van der Waals surface area contributed by atoms with E-state index in [0.717, 1.165) is 57.3 Å². The molecule has 2 aliphatic heterocycles. The number of hydrogen-bond acceptors (Lipinski definition) is 4. The van der Waals surface area contributed by atoms with Crippen LogP contribution >= 0.6 is 0 Å². The number of carbonyl (C=O) groups is 1. The average molecular weight is 392 g/mol. The highest BCUT2D eigenvalue weighted by molar-refractivity contribution is 5.94. The molecule has 29 heavy (non-hydrogen) atoms. The molecule has 0 saturated carbocycles. The Morgan fingerprint density at radius 1 is 1.10 bits per heavy atom. The molecular formula is C23H25FN4O. The van der Waals surface area contributed by atoms with E-state index in [-0.39, 0.29) is 17.3 Å². The molecule has 4 rings (SSSR count). The van der Waals surface area contributed by atoms with Gasteiger partial charge in [-0.1, -0.05) is 6.07 Å². The highest BCUT2D eigenvalue weighted by Crippen LogP contribution is 2.39. The molecule has 1 atom stereocenters. The van der Waals surface area contributed by atoms with Gasteiger partial charge >= 0.3 is 0 Å². The van der Waals surface area contributed by atoms with Crippen molar-refractivity contribution in [2.75, 3.05) is 19.6 Å². The maximum Gasteiger partial charge on any atom is 0.253 e. The number of pyridine rings is 1. The summed E-state index contributed by atoms with van der Waals surface area (Å²) >= 11 is 0. The van der Waals surface area contributed by atoms with Crippen LogP contribution in [0.25, 0.3) is 0 Å². The zero-order valence-electron chi connectivity index (χ0n) is 16.5. The minimum Gasteiger partial charge on any atom is -0.339 e. The van der Waals surface area contributed by atoms with E-state index >= 15 is 0 Å². The molecule has 0 N–H and O–H groups in total. The van der Waals surface area contributed by atoms with Crippen LogP contribution < -0.4 is 0 Å². The largest absolute Gasteiger partial charge is 0.339 e. The molecule has 2 fully saturated rings. The summed E-state index contributed by atoms with van der Waals surface area (Å²) in [6.07, 6.45) is 8.45. The highest BCUT2D eigenvalue weighted by atomic mass is 19.1. The van der Waals surface area contributed by atoms with Gasteiger partial charge in [0.1, 0.15) is 5.82 Å². The van der Waals surface area contributed by atoms with Crippen LogP contribution in [0, 0.1) is 17.1 Å². The van der Waals surface area contributed by atoms with Gasteiger partial charge in [-0.3, -0.25) is 14.7 Å². The molecular weight excluding hydrogens is 367 g/mol. The quantitative estimate of drug-likeness (QED) is 0.798. The third kappa shape index (κ3) is 4.01. The Labute approximate surface area is 170 Å². The first-order valence-electron chi connectivity index (χ1n) is 10.2. The van der Waals surface area contributed by atoms with Gasteiger partial charge in [0.15, 0.2) is 0 Å². The number of amides is 1. The summed E-state index contributed by atoms with van der Waals surface area (Å²) < 4.78 is 13.5. The van der Waals surface area contributed by atoms with Crippen molar-refractivity contribution < 1.29 is 9.18 Å². The molecule has 150 valence electrons. The maximum absolute atomic E-state index is 13.5. The van der Waals surface area contributed by atoms with Crippen LogP contribution in [-0.2, 0) is 6.54 Å². The van der Waals surface area contributed by atoms with E-state index in [4.69, 9.17) is 0 Å². The van der Waals surface area contributed by atoms with Gasteiger partial charge in [0.25, 0.3) is 5.91 Å². The Balaban J connectivity index is 1.49.